The number of esters is 1. The van der Waals surface area contributed by atoms with Crippen LogP contribution in [0.3, 0.4) is 0 Å². The number of carbonyl (C=O) groups excluding carboxylic acids is 1. The number of nitrogens with one attached hydrogen (secondary N) is 1. The van der Waals surface area contributed by atoms with Crippen molar-refractivity contribution in [1.82, 2.24) is 5.32 Å². The van der Waals surface area contributed by atoms with Crippen LogP contribution in [0.5, 0.6) is 5.75 Å². The molecule has 1 fully saturated rings. The van der Waals surface area contributed by atoms with Gasteiger partial charge < -0.3 is 14.8 Å². The SMILES string of the molecule is COC(=O)[C@H]1C[C@@H](Oc2ccc(Cl)c(Cl)c2)CN1. The predicted molar refractivity (Wildman–Crippen MR) is 69.3 cm³/mol. The molecule has 0 radical (unpaired) electrons. The van der Waals surface area contributed by atoms with Gasteiger partial charge in [-0.25, -0.2) is 0 Å². The van der Waals surface area contributed by atoms with Gasteiger partial charge in [-0.2, -0.15) is 0 Å². The van der Waals surface area contributed by atoms with E-state index < -0.39 is 0 Å². The standard InChI is InChI=1S/C12H13Cl2NO3/c1-17-12(16)11-5-8(6-15-11)18-7-2-3-9(13)10(14)4-7/h2-4,8,11,15H,5-6H2,1H3/t8-,11-/m1/s1. The highest BCUT2D eigenvalue weighted by Gasteiger charge is 2.31. The number of methoxy groups -OCH3 is 1. The van der Waals surface area contributed by atoms with Crippen molar-refractivity contribution in [3.05, 3.63) is 28.2 Å². The Hall–Kier alpha value is -0.970. The molecule has 98 valence electrons. The molecule has 0 unspecified atom stereocenters. The van der Waals surface area contributed by atoms with Gasteiger partial charge in [0.25, 0.3) is 0 Å². The highest BCUT2D eigenvalue weighted by molar-refractivity contribution is 6.42. The Morgan fingerprint density at radius 3 is 2.83 bits per heavy atom. The fraction of sp³-hybridized carbons (Fsp3) is 0.417. The first-order chi connectivity index (χ1) is 8.60. The third-order valence-corrected chi connectivity index (χ3v) is 3.51. The number of rotatable bonds is 3. The van der Waals surface area contributed by atoms with E-state index >= 15 is 0 Å². The summed E-state index contributed by atoms with van der Waals surface area (Å²) in [5.41, 5.74) is 0. The third kappa shape index (κ3) is 3.07. The van der Waals surface area contributed by atoms with E-state index in [0.29, 0.717) is 28.8 Å². The zero-order valence-corrected chi connectivity index (χ0v) is 11.3. The molecule has 2 atom stereocenters. The lowest BCUT2D eigenvalue weighted by Crippen LogP contribution is -2.31. The normalized spacial score (nSPS) is 22.8. The molecule has 1 aliphatic heterocycles. The highest BCUT2D eigenvalue weighted by atomic mass is 35.5. The molecular formula is C12H13Cl2NO3. The third-order valence-electron chi connectivity index (χ3n) is 2.77. The molecule has 0 aromatic heterocycles. The Balaban J connectivity index is 1.95. The number of benzene rings is 1. The highest BCUT2D eigenvalue weighted by Crippen LogP contribution is 2.27. The van der Waals surface area contributed by atoms with E-state index in [1.807, 2.05) is 0 Å². The second-order valence-electron chi connectivity index (χ2n) is 4.04. The van der Waals surface area contributed by atoms with Gasteiger partial charge >= 0.3 is 5.97 Å². The molecule has 0 saturated carbocycles. The van der Waals surface area contributed by atoms with Crippen LogP contribution < -0.4 is 10.1 Å². The van der Waals surface area contributed by atoms with Gasteiger partial charge in [0, 0.05) is 19.0 Å². The lowest BCUT2D eigenvalue weighted by atomic mass is 10.2. The number of ether oxygens (including phenoxy) is 2. The summed E-state index contributed by atoms with van der Waals surface area (Å²) < 4.78 is 10.4. The van der Waals surface area contributed by atoms with Gasteiger partial charge in [0.15, 0.2) is 0 Å². The smallest absolute Gasteiger partial charge is 0.323 e. The minimum absolute atomic E-state index is 0.0775. The maximum atomic E-state index is 11.3. The van der Waals surface area contributed by atoms with E-state index in [4.69, 9.17) is 27.9 Å². The average molecular weight is 290 g/mol. The van der Waals surface area contributed by atoms with Crippen molar-refractivity contribution in [3.63, 3.8) is 0 Å². The van der Waals surface area contributed by atoms with Crippen molar-refractivity contribution >= 4 is 29.2 Å². The summed E-state index contributed by atoms with van der Waals surface area (Å²) >= 11 is 11.7. The van der Waals surface area contributed by atoms with Crippen molar-refractivity contribution in [2.24, 2.45) is 0 Å². The van der Waals surface area contributed by atoms with Crippen LogP contribution in [0.4, 0.5) is 0 Å². The lowest BCUT2D eigenvalue weighted by molar-refractivity contribution is -0.142. The van der Waals surface area contributed by atoms with E-state index in [0.717, 1.165) is 0 Å². The van der Waals surface area contributed by atoms with Crippen molar-refractivity contribution in [2.75, 3.05) is 13.7 Å². The van der Waals surface area contributed by atoms with Crippen LogP contribution in [0, 0.1) is 0 Å². The van der Waals surface area contributed by atoms with E-state index in [1.54, 1.807) is 18.2 Å². The Kier molecular flexibility index (Phi) is 4.32. The largest absolute Gasteiger partial charge is 0.489 e. The van der Waals surface area contributed by atoms with Gasteiger partial charge in [0.05, 0.1) is 17.2 Å². The van der Waals surface area contributed by atoms with Crippen molar-refractivity contribution in [3.8, 4) is 5.75 Å². The molecule has 6 heteroatoms. The fourth-order valence-corrected chi connectivity index (χ4v) is 2.15. The first-order valence-corrected chi connectivity index (χ1v) is 6.28. The molecule has 0 aliphatic carbocycles. The summed E-state index contributed by atoms with van der Waals surface area (Å²) in [6, 6.07) is 4.79. The summed E-state index contributed by atoms with van der Waals surface area (Å²) in [6.07, 6.45) is 0.499. The molecule has 1 aromatic rings. The summed E-state index contributed by atoms with van der Waals surface area (Å²) in [4.78, 5) is 11.3. The second kappa shape index (κ2) is 5.78. The molecule has 2 rings (SSSR count). The second-order valence-corrected chi connectivity index (χ2v) is 4.85. The van der Waals surface area contributed by atoms with Crippen molar-refractivity contribution < 1.29 is 14.3 Å². The summed E-state index contributed by atoms with van der Waals surface area (Å²) in [7, 11) is 1.37. The molecule has 4 nitrogen and oxygen atoms in total. The summed E-state index contributed by atoms with van der Waals surface area (Å²) in [5.74, 6) is 0.372. The molecule has 1 aliphatic rings. The fourth-order valence-electron chi connectivity index (χ4n) is 1.86. The minimum Gasteiger partial charge on any atom is -0.489 e. The zero-order chi connectivity index (χ0) is 13.1. The van der Waals surface area contributed by atoms with E-state index in [9.17, 15) is 4.79 Å². The van der Waals surface area contributed by atoms with Gasteiger partial charge in [-0.3, -0.25) is 4.79 Å². The monoisotopic (exact) mass is 289 g/mol. The summed E-state index contributed by atoms with van der Waals surface area (Å²) in [5, 5.41) is 3.98. The van der Waals surface area contributed by atoms with Crippen molar-refractivity contribution in [1.29, 1.82) is 0 Å². The first-order valence-electron chi connectivity index (χ1n) is 5.53. The zero-order valence-electron chi connectivity index (χ0n) is 9.78. The van der Waals surface area contributed by atoms with E-state index in [1.165, 1.54) is 7.11 Å². The Morgan fingerprint density at radius 2 is 2.17 bits per heavy atom. The van der Waals surface area contributed by atoms with Crippen LogP contribution in [0.2, 0.25) is 10.0 Å². The number of carbonyl (C=O) groups is 1. The molecule has 1 saturated heterocycles. The quantitative estimate of drug-likeness (QED) is 0.868. The molecule has 18 heavy (non-hydrogen) atoms. The van der Waals surface area contributed by atoms with Crippen LogP contribution in [-0.4, -0.2) is 31.8 Å². The Labute approximate surface area is 115 Å². The van der Waals surface area contributed by atoms with Crippen LogP contribution in [0.15, 0.2) is 18.2 Å². The number of hydrogen-bond acceptors (Lipinski definition) is 4. The molecule has 0 spiro atoms. The maximum absolute atomic E-state index is 11.3. The Morgan fingerprint density at radius 1 is 1.39 bits per heavy atom. The Bertz CT molecular complexity index is 453. The molecule has 1 N–H and O–H groups in total. The topological polar surface area (TPSA) is 47.6 Å². The molecular weight excluding hydrogens is 277 g/mol. The van der Waals surface area contributed by atoms with E-state index in [-0.39, 0.29) is 18.1 Å². The van der Waals surface area contributed by atoms with Crippen LogP contribution in [0.1, 0.15) is 6.42 Å². The summed E-state index contributed by atoms with van der Waals surface area (Å²) in [6.45, 7) is 0.597. The average Bonchev–Trinajstić information content (AvgIpc) is 2.81. The number of halogens is 2. The molecule has 0 amide bonds. The van der Waals surface area contributed by atoms with Crippen LogP contribution >= 0.6 is 23.2 Å². The van der Waals surface area contributed by atoms with Gasteiger partial charge in [0.2, 0.25) is 0 Å². The van der Waals surface area contributed by atoms with Gasteiger partial charge in [-0.1, -0.05) is 23.2 Å². The predicted octanol–water partition coefficient (Wildman–Crippen LogP) is 2.28. The molecule has 1 aromatic carbocycles. The van der Waals surface area contributed by atoms with Gasteiger partial charge in [-0.15, -0.1) is 0 Å². The van der Waals surface area contributed by atoms with Gasteiger partial charge in [0.1, 0.15) is 17.9 Å². The number of hydrogen-bond donors (Lipinski definition) is 1. The van der Waals surface area contributed by atoms with E-state index in [2.05, 4.69) is 10.1 Å². The van der Waals surface area contributed by atoms with Crippen LogP contribution in [0.25, 0.3) is 0 Å². The van der Waals surface area contributed by atoms with Crippen LogP contribution in [-0.2, 0) is 9.53 Å². The maximum Gasteiger partial charge on any atom is 0.323 e. The molecule has 0 bridgehead atoms. The lowest BCUT2D eigenvalue weighted by Gasteiger charge is -2.13. The first kappa shape index (κ1) is 13.5. The molecule has 1 heterocycles. The van der Waals surface area contributed by atoms with Gasteiger partial charge in [-0.05, 0) is 12.1 Å². The minimum atomic E-state index is -0.303. The van der Waals surface area contributed by atoms with Crippen molar-refractivity contribution in [2.45, 2.75) is 18.6 Å².